The average molecular weight is 535 g/mol. The molecular weight excluding hydrogens is 510 g/mol. The largest absolute Gasteiger partial charge is 0.363 e. The first kappa shape index (κ1) is 23.2. The number of pyridine rings is 1. The van der Waals surface area contributed by atoms with Crippen LogP contribution in [0.1, 0.15) is 6.42 Å². The van der Waals surface area contributed by atoms with E-state index in [1.165, 1.54) is 12.1 Å². The Morgan fingerprint density at radius 3 is 2.60 bits per heavy atom. The number of halogens is 2. The number of piperazine rings is 1. The van der Waals surface area contributed by atoms with Crippen LogP contribution in [0.25, 0.3) is 50.2 Å². The number of benzene rings is 2. The minimum absolute atomic E-state index is 0.131. The minimum atomic E-state index is -0.500. The van der Waals surface area contributed by atoms with Crippen LogP contribution in [-0.2, 0) is 0 Å². The van der Waals surface area contributed by atoms with Crippen LogP contribution in [-0.4, -0.2) is 66.9 Å². The Morgan fingerprint density at radius 2 is 1.80 bits per heavy atom. The third kappa shape index (κ3) is 3.39. The molecule has 2 aliphatic heterocycles. The summed E-state index contributed by atoms with van der Waals surface area (Å²) in [6.45, 7) is 1.56. The van der Waals surface area contributed by atoms with Gasteiger partial charge >= 0.3 is 0 Å². The van der Waals surface area contributed by atoms with Crippen LogP contribution in [0.2, 0.25) is 0 Å². The van der Waals surface area contributed by atoms with Crippen molar-refractivity contribution in [2.24, 2.45) is 0 Å². The predicted molar refractivity (Wildman–Crippen MR) is 149 cm³/mol. The monoisotopic (exact) mass is 534 g/mol. The van der Waals surface area contributed by atoms with Gasteiger partial charge in [-0.1, -0.05) is 12.1 Å². The third-order valence-electron chi connectivity index (χ3n) is 8.36. The van der Waals surface area contributed by atoms with Gasteiger partial charge in [-0.2, -0.15) is 10.2 Å². The van der Waals surface area contributed by atoms with E-state index in [1.54, 1.807) is 35.4 Å². The number of rotatable bonds is 4. The SMILES string of the molecule is CN1CC2CC1CN2c1cc(F)c(-c2ccnc3c(-c4cccc5[nH]ncc45)c(-c4ccncc4)nn23)cc1F. The van der Waals surface area contributed by atoms with Crippen molar-refractivity contribution in [3.8, 4) is 33.6 Å². The smallest absolute Gasteiger partial charge is 0.164 e. The Bertz CT molecular complexity index is 1910. The fourth-order valence-electron chi connectivity index (χ4n) is 6.41. The molecule has 2 saturated heterocycles. The van der Waals surface area contributed by atoms with Crippen molar-refractivity contribution >= 4 is 22.2 Å². The van der Waals surface area contributed by atoms with Gasteiger partial charge in [-0.05, 0) is 49.4 Å². The maximum atomic E-state index is 15.9. The Morgan fingerprint density at radius 1 is 0.925 bits per heavy atom. The number of aromatic nitrogens is 6. The number of anilines is 1. The Kier molecular flexibility index (Phi) is 5.02. The number of likely N-dealkylation sites (N-methyl/N-ethyl adjacent to an activating group) is 1. The van der Waals surface area contributed by atoms with E-state index in [1.807, 2.05) is 35.2 Å². The Balaban J connectivity index is 1.32. The molecule has 8 rings (SSSR count). The molecule has 40 heavy (non-hydrogen) atoms. The lowest BCUT2D eigenvalue weighted by Gasteiger charge is -2.34. The summed E-state index contributed by atoms with van der Waals surface area (Å²) in [5.74, 6) is -0.944. The van der Waals surface area contributed by atoms with Crippen molar-refractivity contribution < 1.29 is 8.78 Å². The molecular formula is C30H24F2N8. The van der Waals surface area contributed by atoms with Gasteiger partial charge in [0.25, 0.3) is 0 Å². The van der Waals surface area contributed by atoms with Gasteiger partial charge in [0.1, 0.15) is 17.3 Å². The Labute approximate surface area is 227 Å². The highest BCUT2D eigenvalue weighted by molar-refractivity contribution is 6.02. The van der Waals surface area contributed by atoms with Gasteiger partial charge in [-0.25, -0.2) is 18.3 Å². The number of hydrogen-bond acceptors (Lipinski definition) is 6. The van der Waals surface area contributed by atoms with Crippen LogP contribution in [0.15, 0.2) is 73.3 Å². The van der Waals surface area contributed by atoms with Crippen LogP contribution >= 0.6 is 0 Å². The number of fused-ring (bicyclic) bond motifs is 4. The van der Waals surface area contributed by atoms with Crippen LogP contribution in [0.3, 0.4) is 0 Å². The number of likely N-dealkylation sites (tertiary alicyclic amines) is 1. The fourth-order valence-corrected chi connectivity index (χ4v) is 6.41. The topological polar surface area (TPSA) is 78.2 Å². The van der Waals surface area contributed by atoms with E-state index in [-0.39, 0.29) is 11.6 Å². The summed E-state index contributed by atoms with van der Waals surface area (Å²) < 4.78 is 33.1. The molecule has 0 saturated carbocycles. The molecule has 0 spiro atoms. The number of aromatic amines is 1. The summed E-state index contributed by atoms with van der Waals surface area (Å²) >= 11 is 0. The van der Waals surface area contributed by atoms with Crippen molar-refractivity contribution in [1.82, 2.24) is 34.7 Å². The molecule has 10 heteroatoms. The zero-order valence-electron chi connectivity index (χ0n) is 21.6. The summed E-state index contributed by atoms with van der Waals surface area (Å²) in [5.41, 5.74) is 5.41. The number of hydrogen-bond donors (Lipinski definition) is 1. The summed E-state index contributed by atoms with van der Waals surface area (Å²) in [6.07, 6.45) is 7.76. The number of nitrogens with one attached hydrogen (secondary N) is 1. The second-order valence-electron chi connectivity index (χ2n) is 10.6. The van der Waals surface area contributed by atoms with E-state index >= 15 is 8.78 Å². The van der Waals surface area contributed by atoms with Gasteiger partial charge in [0.15, 0.2) is 5.65 Å². The maximum Gasteiger partial charge on any atom is 0.164 e. The van der Waals surface area contributed by atoms with Gasteiger partial charge in [-0.3, -0.25) is 15.0 Å². The van der Waals surface area contributed by atoms with Gasteiger partial charge in [-0.15, -0.1) is 0 Å². The highest BCUT2D eigenvalue weighted by atomic mass is 19.1. The molecule has 1 N–H and O–H groups in total. The highest BCUT2D eigenvalue weighted by Gasteiger charge is 2.42. The number of H-pyrrole nitrogens is 1. The van der Waals surface area contributed by atoms with Crippen molar-refractivity contribution in [3.63, 3.8) is 0 Å². The molecule has 4 aromatic heterocycles. The van der Waals surface area contributed by atoms with Crippen molar-refractivity contribution in [2.45, 2.75) is 18.5 Å². The summed E-state index contributed by atoms with van der Waals surface area (Å²) in [5, 5.41) is 13.1. The van der Waals surface area contributed by atoms with E-state index < -0.39 is 11.6 Å². The first-order valence-electron chi connectivity index (χ1n) is 13.2. The standard InChI is InChI=1S/C30H24F2N8/c1-38-15-19-11-18(38)16-39(19)27-13-23(31)21(12-24(27)32)26-7-10-34-30-28(20-3-2-4-25-22(20)14-35-36-25)29(37-40(26)30)17-5-8-33-9-6-17/h2-10,12-14,18-19H,11,15-16H2,1H3,(H,35,36). The molecule has 2 aliphatic rings. The lowest BCUT2D eigenvalue weighted by molar-refractivity contribution is 0.292. The summed E-state index contributed by atoms with van der Waals surface area (Å²) in [4.78, 5) is 13.1. The van der Waals surface area contributed by atoms with Gasteiger partial charge in [0.05, 0.1) is 28.7 Å². The molecule has 2 unspecified atom stereocenters. The molecule has 8 nitrogen and oxygen atoms in total. The molecule has 0 aliphatic carbocycles. The molecule has 2 fully saturated rings. The molecule has 0 radical (unpaired) electrons. The predicted octanol–water partition coefficient (Wildman–Crippen LogP) is 5.17. The van der Waals surface area contributed by atoms with E-state index in [9.17, 15) is 0 Å². The average Bonchev–Trinajstić information content (AvgIpc) is 3.76. The maximum absolute atomic E-state index is 15.9. The fraction of sp³-hybridized carbons (Fsp3) is 0.200. The second kappa shape index (κ2) is 8.65. The second-order valence-corrected chi connectivity index (χ2v) is 10.6. The van der Waals surface area contributed by atoms with Crippen molar-refractivity contribution in [1.29, 1.82) is 0 Å². The number of nitrogens with zero attached hydrogens (tertiary/aromatic N) is 7. The first-order chi connectivity index (χ1) is 19.6. The molecule has 2 atom stereocenters. The van der Waals surface area contributed by atoms with Crippen LogP contribution < -0.4 is 4.90 Å². The lowest BCUT2D eigenvalue weighted by Crippen LogP contribution is -2.44. The first-order valence-corrected chi connectivity index (χ1v) is 13.2. The third-order valence-corrected chi connectivity index (χ3v) is 8.36. The molecule has 2 bridgehead atoms. The summed E-state index contributed by atoms with van der Waals surface area (Å²) in [7, 11) is 2.09. The van der Waals surface area contributed by atoms with Crippen LogP contribution in [0, 0.1) is 11.6 Å². The van der Waals surface area contributed by atoms with Gasteiger partial charge in [0, 0.05) is 66.3 Å². The zero-order valence-corrected chi connectivity index (χ0v) is 21.6. The molecule has 0 amide bonds. The van der Waals surface area contributed by atoms with Gasteiger partial charge in [0.2, 0.25) is 0 Å². The van der Waals surface area contributed by atoms with E-state index in [4.69, 9.17) is 5.10 Å². The Hall–Kier alpha value is -4.70. The van der Waals surface area contributed by atoms with Gasteiger partial charge < -0.3 is 4.90 Å². The normalized spacial score (nSPS) is 18.9. The van der Waals surface area contributed by atoms with E-state index in [0.717, 1.165) is 40.6 Å². The van der Waals surface area contributed by atoms with Crippen molar-refractivity contribution in [2.75, 3.05) is 25.0 Å². The molecule has 6 heterocycles. The highest BCUT2D eigenvalue weighted by Crippen LogP contribution is 2.41. The quantitative estimate of drug-likeness (QED) is 0.336. The van der Waals surface area contributed by atoms with Crippen LogP contribution in [0.5, 0.6) is 0 Å². The van der Waals surface area contributed by atoms with Crippen molar-refractivity contribution in [3.05, 3.63) is 85.0 Å². The molecule has 2 aromatic carbocycles. The van der Waals surface area contributed by atoms with E-state index in [2.05, 4.69) is 32.1 Å². The molecule has 6 aromatic rings. The molecule has 198 valence electrons. The lowest BCUT2D eigenvalue weighted by atomic mass is 9.99. The van der Waals surface area contributed by atoms with Crippen LogP contribution in [0.4, 0.5) is 14.5 Å². The minimum Gasteiger partial charge on any atom is -0.363 e. The van der Waals surface area contributed by atoms with E-state index in [0.29, 0.717) is 35.3 Å². The summed E-state index contributed by atoms with van der Waals surface area (Å²) in [6, 6.07) is 14.5. The zero-order chi connectivity index (χ0) is 27.0.